The molecule has 8 saturated carbocycles. The summed E-state index contributed by atoms with van der Waals surface area (Å²) in [4.78, 5) is 46.3. The number of fused-ring (bicyclic) bond motifs is 4. The lowest BCUT2D eigenvalue weighted by Crippen LogP contribution is -2.60. The minimum atomic E-state index is -0.541. The van der Waals surface area contributed by atoms with Crippen LogP contribution >= 0.6 is 0 Å². The number of cyclic esters (lactones) is 2. The van der Waals surface area contributed by atoms with E-state index < -0.39 is 17.5 Å². The van der Waals surface area contributed by atoms with Crippen LogP contribution in [-0.4, -0.2) is 45.8 Å². The molecule has 0 spiro atoms. The van der Waals surface area contributed by atoms with E-state index in [1.807, 2.05) is 13.8 Å². The minimum Gasteiger partial charge on any atom is -0.459 e. The fourth-order valence-corrected chi connectivity index (χ4v) is 12.1. The van der Waals surface area contributed by atoms with Crippen molar-refractivity contribution in [2.75, 3.05) is 0 Å². The zero-order valence-corrected chi connectivity index (χ0v) is 31.7. The Morgan fingerprint density at radius 3 is 1.42 bits per heavy atom. The van der Waals surface area contributed by atoms with Crippen molar-refractivity contribution in [2.45, 2.75) is 194 Å². The van der Waals surface area contributed by atoms with Gasteiger partial charge in [-0.3, -0.25) is 19.2 Å². The molecule has 8 bridgehead atoms. The number of esters is 4. The second-order valence-electron chi connectivity index (χ2n) is 19.1. The Balaban J connectivity index is 0.000000817. The molecule has 8 heteroatoms. The van der Waals surface area contributed by atoms with Gasteiger partial charge in [0, 0.05) is 6.42 Å². The van der Waals surface area contributed by atoms with Gasteiger partial charge in [0.2, 0.25) is 0 Å². The fraction of sp³-hybridized carbons (Fsp3) is 0.915. The van der Waals surface area contributed by atoms with Crippen LogP contribution in [0.3, 0.4) is 0 Å². The van der Waals surface area contributed by atoms with E-state index in [0.717, 1.165) is 68.6 Å². The summed E-state index contributed by atoms with van der Waals surface area (Å²) >= 11 is 0. The molecule has 1 N–H and O–H groups in total. The Bertz CT molecular complexity index is 1270. The second-order valence-corrected chi connectivity index (χ2v) is 19.1. The molecule has 0 aromatic heterocycles. The maximum Gasteiger partial charge on any atom is 0.317 e. The van der Waals surface area contributed by atoms with Crippen LogP contribution in [0.5, 0.6) is 0 Å². The highest BCUT2D eigenvalue weighted by Gasteiger charge is 2.60. The first-order chi connectivity index (χ1) is 22.8. The Kier molecular flexibility index (Phi) is 18.5. The average Bonchev–Trinajstić information content (AvgIpc) is 3.81. The molecule has 324 valence electrons. The highest BCUT2D eigenvalue weighted by Crippen LogP contribution is 2.61. The van der Waals surface area contributed by atoms with Crippen molar-refractivity contribution in [3.8, 4) is 0 Å². The van der Waals surface area contributed by atoms with Crippen molar-refractivity contribution < 1.29 is 38.5 Å². The van der Waals surface area contributed by atoms with Crippen LogP contribution in [0.15, 0.2) is 0 Å². The third-order valence-corrected chi connectivity index (χ3v) is 15.6. The van der Waals surface area contributed by atoms with Gasteiger partial charge < -0.3 is 19.3 Å². The maximum atomic E-state index is 13.0. The third kappa shape index (κ3) is 10.2. The van der Waals surface area contributed by atoms with Crippen molar-refractivity contribution in [1.82, 2.24) is 0 Å². The molecule has 0 aromatic rings. The molecular formula is C47H88O8. The van der Waals surface area contributed by atoms with Gasteiger partial charge in [-0.05, 0) is 137 Å². The summed E-state index contributed by atoms with van der Waals surface area (Å²) in [6, 6.07) is 0. The summed E-state index contributed by atoms with van der Waals surface area (Å²) in [5.41, 5.74) is -1.17. The lowest BCUT2D eigenvalue weighted by Gasteiger charge is -2.59. The normalized spacial score (nSPS) is 43.2. The predicted octanol–water partition coefficient (Wildman–Crippen LogP) is 11.3. The monoisotopic (exact) mass is 781 g/mol. The van der Waals surface area contributed by atoms with Crippen molar-refractivity contribution in [2.24, 2.45) is 82.9 Å². The van der Waals surface area contributed by atoms with Crippen LogP contribution in [0, 0.1) is 82.9 Å². The van der Waals surface area contributed by atoms with Crippen LogP contribution in [0.1, 0.15) is 178 Å². The molecule has 9 aliphatic rings. The summed E-state index contributed by atoms with van der Waals surface area (Å²) < 4.78 is 16.2. The Labute approximate surface area is 338 Å². The molecule has 8 nitrogen and oxygen atoms in total. The Morgan fingerprint density at radius 1 is 0.673 bits per heavy atom. The summed E-state index contributed by atoms with van der Waals surface area (Å²) in [5.74, 6) is 5.82. The molecule has 1 saturated heterocycles. The molecule has 0 radical (unpaired) electrons. The number of hydrogen-bond acceptors (Lipinski definition) is 8. The lowest BCUT2D eigenvalue weighted by molar-refractivity contribution is -0.223. The standard InChI is InChI=1S/C20H30O3.C15H26O2.C6H8O3.6CH4/c1-11-12(2)16-4-15(11)5-17(16)18(21)23-20-8-13-3-14(9-20)7-19(22,6-13)10-20;1-6-15(4,5)17-14(16)13-8-11-7-12(13)10(3)9(11)2;1-3-4(2)6(8)9-5(3)7;;;;;;/h11-17,22H,3-10H2,1-2H3;9-13H,6-8H2,1-5H3;3-4H,1-2H3;6*1H4. The van der Waals surface area contributed by atoms with Gasteiger partial charge in [-0.25, -0.2) is 0 Å². The van der Waals surface area contributed by atoms with Gasteiger partial charge in [-0.2, -0.15) is 0 Å². The SMILES string of the molecule is C.C.C.C.C.C.CC1C(=O)OC(=O)C1C.CC1C2CC(C(=O)OC34CC5CC(CC(O)(C5)C3)C4)C(C2)C1C.CCC(C)(C)OC(=O)C1CC2CC1C(C)C2C. The number of aliphatic hydroxyl groups is 1. The number of ether oxygens (including phenoxy) is 3. The van der Waals surface area contributed by atoms with Gasteiger partial charge in [-0.1, -0.05) is 93.0 Å². The molecule has 8 aliphatic carbocycles. The van der Waals surface area contributed by atoms with Crippen LogP contribution in [-0.2, 0) is 33.4 Å². The summed E-state index contributed by atoms with van der Waals surface area (Å²) in [5, 5.41) is 10.8. The zero-order valence-electron chi connectivity index (χ0n) is 31.7. The first-order valence-electron chi connectivity index (χ1n) is 19.8. The molecule has 14 unspecified atom stereocenters. The van der Waals surface area contributed by atoms with Crippen molar-refractivity contribution in [1.29, 1.82) is 0 Å². The van der Waals surface area contributed by atoms with E-state index in [2.05, 4.69) is 39.4 Å². The van der Waals surface area contributed by atoms with E-state index in [4.69, 9.17) is 9.47 Å². The van der Waals surface area contributed by atoms with Gasteiger partial charge in [0.15, 0.2) is 0 Å². The number of carbonyl (C=O) groups excluding carboxylic acids is 4. The van der Waals surface area contributed by atoms with E-state index in [0.29, 0.717) is 41.9 Å². The van der Waals surface area contributed by atoms with E-state index in [1.165, 1.54) is 19.3 Å². The Hall–Kier alpha value is -1.96. The highest BCUT2D eigenvalue weighted by molar-refractivity contribution is 5.95. The van der Waals surface area contributed by atoms with Crippen LogP contribution in [0.2, 0.25) is 0 Å². The largest absolute Gasteiger partial charge is 0.459 e. The van der Waals surface area contributed by atoms with E-state index >= 15 is 0 Å². The fourth-order valence-electron chi connectivity index (χ4n) is 12.1. The molecular weight excluding hydrogens is 693 g/mol. The van der Waals surface area contributed by atoms with Gasteiger partial charge in [0.1, 0.15) is 11.2 Å². The van der Waals surface area contributed by atoms with E-state index in [1.54, 1.807) is 13.8 Å². The third-order valence-electron chi connectivity index (χ3n) is 15.6. The quantitative estimate of drug-likeness (QED) is 0.166. The summed E-state index contributed by atoms with van der Waals surface area (Å²) in [6.45, 7) is 18.8. The van der Waals surface area contributed by atoms with Crippen LogP contribution in [0.25, 0.3) is 0 Å². The summed E-state index contributed by atoms with van der Waals surface area (Å²) in [6.07, 6.45) is 11.3. The topological polar surface area (TPSA) is 116 Å². The van der Waals surface area contributed by atoms with Crippen LogP contribution in [0.4, 0.5) is 0 Å². The molecule has 9 fully saturated rings. The highest BCUT2D eigenvalue weighted by atomic mass is 16.6. The molecule has 1 aliphatic heterocycles. The first-order valence-corrected chi connectivity index (χ1v) is 19.8. The average molecular weight is 781 g/mol. The van der Waals surface area contributed by atoms with Crippen molar-refractivity contribution in [3.63, 3.8) is 0 Å². The van der Waals surface area contributed by atoms with Gasteiger partial charge in [0.05, 0.1) is 29.3 Å². The van der Waals surface area contributed by atoms with Gasteiger partial charge in [-0.15, -0.1) is 0 Å². The molecule has 9 rings (SSSR count). The van der Waals surface area contributed by atoms with Crippen molar-refractivity contribution >= 4 is 23.9 Å². The minimum absolute atomic E-state index is 0. The summed E-state index contributed by atoms with van der Waals surface area (Å²) in [7, 11) is 0. The van der Waals surface area contributed by atoms with Crippen molar-refractivity contribution in [3.05, 3.63) is 0 Å². The van der Waals surface area contributed by atoms with Crippen LogP contribution < -0.4 is 0 Å². The van der Waals surface area contributed by atoms with Gasteiger partial charge in [0.25, 0.3) is 0 Å². The van der Waals surface area contributed by atoms with E-state index in [-0.39, 0.29) is 91.4 Å². The predicted molar refractivity (Wildman–Crippen MR) is 225 cm³/mol. The van der Waals surface area contributed by atoms with Gasteiger partial charge >= 0.3 is 23.9 Å². The Morgan fingerprint density at radius 2 is 1.09 bits per heavy atom. The molecule has 0 amide bonds. The molecule has 14 atom stereocenters. The smallest absolute Gasteiger partial charge is 0.317 e. The lowest BCUT2D eigenvalue weighted by atomic mass is 9.52. The first kappa shape index (κ1) is 53.0. The number of rotatable bonds is 5. The molecule has 1 heterocycles. The number of hydrogen-bond donors (Lipinski definition) is 1. The zero-order chi connectivity index (χ0) is 35.8. The molecule has 0 aromatic carbocycles. The molecule has 55 heavy (non-hydrogen) atoms. The number of carbonyl (C=O) groups is 4. The maximum absolute atomic E-state index is 13.0. The van der Waals surface area contributed by atoms with E-state index in [9.17, 15) is 24.3 Å². The second kappa shape index (κ2) is 19.2.